The molecule has 0 saturated carbocycles. The predicted octanol–water partition coefficient (Wildman–Crippen LogP) is -0.785. The van der Waals surface area contributed by atoms with Crippen LogP contribution in [0, 0.1) is 0 Å². The molecule has 12 heteroatoms. The van der Waals surface area contributed by atoms with Crippen molar-refractivity contribution in [3.63, 3.8) is 0 Å². The normalized spacial score (nSPS) is 13.6. The van der Waals surface area contributed by atoms with E-state index in [1.165, 1.54) is 24.3 Å². The first kappa shape index (κ1) is 21.0. The Morgan fingerprint density at radius 2 is 1.84 bits per heavy atom. The first-order valence-corrected chi connectivity index (χ1v) is 9.04. The van der Waals surface area contributed by atoms with Crippen molar-refractivity contribution in [2.24, 2.45) is 5.73 Å². The molecule has 0 aromatic heterocycles. The number of aliphatic hydroxyl groups is 1. The van der Waals surface area contributed by atoms with Gasteiger partial charge in [-0.15, -0.1) is 0 Å². The van der Waals surface area contributed by atoms with Crippen LogP contribution in [0.25, 0.3) is 0 Å². The molecule has 3 amide bonds. The number of benzene rings is 1. The summed E-state index contributed by atoms with van der Waals surface area (Å²) in [5.41, 5.74) is 4.76. The molecule has 1 rings (SSSR count). The molecule has 0 saturated heterocycles. The Bertz CT molecular complexity index is 751. The number of nitrogens with two attached hydrogens (primary N) is 1. The predicted molar refractivity (Wildman–Crippen MR) is 88.6 cm³/mol. The summed E-state index contributed by atoms with van der Waals surface area (Å²) in [4.78, 5) is 33.8. The van der Waals surface area contributed by atoms with Crippen molar-refractivity contribution in [1.82, 2.24) is 10.0 Å². The molecular weight excluding hydrogens is 422 g/mol. The molecule has 0 aliphatic heterocycles. The van der Waals surface area contributed by atoms with E-state index in [1.54, 1.807) is 5.32 Å². The number of urea groups is 1. The van der Waals surface area contributed by atoms with Gasteiger partial charge >= 0.3 is 12.0 Å². The summed E-state index contributed by atoms with van der Waals surface area (Å²) in [6.07, 6.45) is -1.42. The first-order valence-electron chi connectivity index (χ1n) is 6.76. The van der Waals surface area contributed by atoms with E-state index < -0.39 is 46.7 Å². The minimum Gasteiger partial charge on any atom is -0.451 e. The van der Waals surface area contributed by atoms with E-state index in [9.17, 15) is 27.9 Å². The Morgan fingerprint density at radius 3 is 2.32 bits per heavy atom. The van der Waals surface area contributed by atoms with Gasteiger partial charge in [0.1, 0.15) is 6.04 Å². The van der Waals surface area contributed by atoms with Crippen LogP contribution in [0.2, 0.25) is 0 Å². The number of aliphatic hydroxyl groups excluding tert-OH is 1. The number of sulfonamides is 1. The molecule has 0 aliphatic rings. The van der Waals surface area contributed by atoms with E-state index in [-0.39, 0.29) is 4.90 Å². The van der Waals surface area contributed by atoms with Crippen LogP contribution in [0.1, 0.15) is 6.92 Å². The van der Waals surface area contributed by atoms with E-state index in [2.05, 4.69) is 15.9 Å². The van der Waals surface area contributed by atoms with Crippen LogP contribution in [0.5, 0.6) is 0 Å². The highest BCUT2D eigenvalue weighted by atomic mass is 79.9. The molecule has 5 N–H and O–H groups in total. The van der Waals surface area contributed by atoms with E-state index in [1.807, 2.05) is 4.72 Å². The van der Waals surface area contributed by atoms with Crippen LogP contribution >= 0.6 is 15.9 Å². The number of ether oxygens (including phenoxy) is 1. The summed E-state index contributed by atoms with van der Waals surface area (Å²) in [6.45, 7) is 0.243. The summed E-state index contributed by atoms with van der Waals surface area (Å²) in [5.74, 6) is -2.19. The van der Waals surface area contributed by atoms with Gasteiger partial charge in [0.25, 0.3) is 5.91 Å². The summed E-state index contributed by atoms with van der Waals surface area (Å²) < 4.78 is 31.7. The highest BCUT2D eigenvalue weighted by molar-refractivity contribution is 9.10. The number of amides is 3. The summed E-state index contributed by atoms with van der Waals surface area (Å²) >= 11 is 3.16. The van der Waals surface area contributed by atoms with Gasteiger partial charge in [0, 0.05) is 4.47 Å². The third-order valence-electron chi connectivity index (χ3n) is 2.80. The van der Waals surface area contributed by atoms with Gasteiger partial charge in [-0.1, -0.05) is 15.9 Å². The molecule has 0 aliphatic carbocycles. The molecule has 138 valence electrons. The molecule has 0 radical (unpaired) electrons. The second kappa shape index (κ2) is 8.89. The van der Waals surface area contributed by atoms with Gasteiger partial charge in [0.15, 0.2) is 6.10 Å². The van der Waals surface area contributed by atoms with Crippen LogP contribution in [0.4, 0.5) is 4.79 Å². The Kier molecular flexibility index (Phi) is 7.48. The third-order valence-corrected chi connectivity index (χ3v) is 4.81. The minimum absolute atomic E-state index is 0.138. The number of halogens is 1. The number of carbonyl (C=O) groups excluding carboxylic acids is 3. The van der Waals surface area contributed by atoms with E-state index in [0.29, 0.717) is 4.47 Å². The van der Waals surface area contributed by atoms with Crippen molar-refractivity contribution in [2.75, 3.05) is 6.61 Å². The Balaban J connectivity index is 2.80. The summed E-state index contributed by atoms with van der Waals surface area (Å²) in [6, 6.07) is 2.76. The highest BCUT2D eigenvalue weighted by Gasteiger charge is 2.29. The van der Waals surface area contributed by atoms with Crippen LogP contribution in [-0.4, -0.2) is 50.2 Å². The maximum absolute atomic E-state index is 12.2. The lowest BCUT2D eigenvalue weighted by molar-refractivity contribution is -0.156. The van der Waals surface area contributed by atoms with Gasteiger partial charge in [-0.05, 0) is 31.2 Å². The Labute approximate surface area is 151 Å². The fraction of sp³-hybridized carbons (Fsp3) is 0.308. The average Bonchev–Trinajstić information content (AvgIpc) is 2.52. The number of imide groups is 1. The molecular formula is C13H16BrN3O7S. The molecule has 0 heterocycles. The SMILES string of the molecule is CC(OC(=O)C(CO)NS(=O)(=O)c1ccc(Br)cc1)C(=O)NC(N)=O. The maximum atomic E-state index is 12.2. The summed E-state index contributed by atoms with van der Waals surface area (Å²) in [7, 11) is -4.11. The molecule has 0 fully saturated rings. The van der Waals surface area contributed by atoms with Crippen molar-refractivity contribution in [2.45, 2.75) is 24.0 Å². The highest BCUT2D eigenvalue weighted by Crippen LogP contribution is 2.15. The van der Waals surface area contributed by atoms with Crippen LogP contribution in [0.15, 0.2) is 33.6 Å². The third kappa shape index (κ3) is 6.42. The molecule has 1 aromatic rings. The maximum Gasteiger partial charge on any atom is 0.327 e. The lowest BCUT2D eigenvalue weighted by Crippen LogP contribution is -2.48. The van der Waals surface area contributed by atoms with Crippen LogP contribution < -0.4 is 15.8 Å². The largest absolute Gasteiger partial charge is 0.451 e. The number of rotatable bonds is 7. The van der Waals surface area contributed by atoms with Crippen molar-refractivity contribution in [3.05, 3.63) is 28.7 Å². The average molecular weight is 438 g/mol. The second-order valence-corrected chi connectivity index (χ2v) is 7.37. The Morgan fingerprint density at radius 1 is 1.28 bits per heavy atom. The molecule has 1 aromatic carbocycles. The van der Waals surface area contributed by atoms with E-state index in [4.69, 9.17) is 10.5 Å². The molecule has 10 nitrogen and oxygen atoms in total. The van der Waals surface area contributed by atoms with Gasteiger partial charge in [-0.3, -0.25) is 14.9 Å². The molecule has 2 atom stereocenters. The quantitative estimate of drug-likeness (QED) is 0.405. The van der Waals surface area contributed by atoms with Crippen LogP contribution in [-0.2, 0) is 24.3 Å². The van der Waals surface area contributed by atoms with Gasteiger partial charge in [0.2, 0.25) is 10.0 Å². The van der Waals surface area contributed by atoms with Gasteiger partial charge < -0.3 is 15.6 Å². The van der Waals surface area contributed by atoms with Crippen molar-refractivity contribution in [3.8, 4) is 0 Å². The van der Waals surface area contributed by atoms with Gasteiger partial charge in [-0.25, -0.2) is 13.2 Å². The molecule has 0 spiro atoms. The molecule has 2 unspecified atom stereocenters. The zero-order valence-electron chi connectivity index (χ0n) is 12.9. The van der Waals surface area contributed by atoms with E-state index >= 15 is 0 Å². The number of carbonyl (C=O) groups is 3. The van der Waals surface area contributed by atoms with Crippen molar-refractivity contribution >= 4 is 43.9 Å². The number of nitrogens with one attached hydrogen (secondary N) is 2. The zero-order chi connectivity index (χ0) is 19.2. The van der Waals surface area contributed by atoms with Gasteiger partial charge in [0.05, 0.1) is 11.5 Å². The monoisotopic (exact) mass is 437 g/mol. The lowest BCUT2D eigenvalue weighted by Gasteiger charge is -2.18. The van der Waals surface area contributed by atoms with Gasteiger partial charge in [-0.2, -0.15) is 4.72 Å². The standard InChI is InChI=1S/C13H16BrN3O7S/c1-7(11(19)16-13(15)21)24-12(20)10(6-18)17-25(22,23)9-4-2-8(14)3-5-9/h2-5,7,10,17-18H,6H2,1H3,(H3,15,16,19,21). The summed E-state index contributed by atoms with van der Waals surface area (Å²) in [5, 5.41) is 10.9. The molecule has 25 heavy (non-hydrogen) atoms. The number of hydrogen-bond acceptors (Lipinski definition) is 7. The second-order valence-electron chi connectivity index (χ2n) is 4.74. The fourth-order valence-electron chi connectivity index (χ4n) is 1.56. The fourth-order valence-corrected chi connectivity index (χ4v) is 3.00. The number of primary amides is 1. The Hall–Kier alpha value is -2.02. The van der Waals surface area contributed by atoms with Crippen molar-refractivity contribution in [1.29, 1.82) is 0 Å². The topological polar surface area (TPSA) is 165 Å². The minimum atomic E-state index is -4.11. The number of esters is 1. The lowest BCUT2D eigenvalue weighted by atomic mass is 10.3. The smallest absolute Gasteiger partial charge is 0.327 e. The number of hydrogen-bond donors (Lipinski definition) is 4. The van der Waals surface area contributed by atoms with E-state index in [0.717, 1.165) is 6.92 Å². The zero-order valence-corrected chi connectivity index (χ0v) is 15.3. The van der Waals surface area contributed by atoms with Crippen molar-refractivity contribution < 1.29 is 32.6 Å². The van der Waals surface area contributed by atoms with Crippen LogP contribution in [0.3, 0.4) is 0 Å². The molecule has 0 bridgehead atoms. The first-order chi connectivity index (χ1) is 11.6.